The summed E-state index contributed by atoms with van der Waals surface area (Å²) in [6, 6.07) is 24.3. The van der Waals surface area contributed by atoms with Crippen LogP contribution in [0, 0.1) is 0 Å². The molecule has 3 rings (SSSR count). The lowest BCUT2D eigenvalue weighted by molar-refractivity contribution is -0.139. The normalized spacial score (nSPS) is 11.6. The number of carbonyl (C=O) groups excluding carboxylic acids is 2. The van der Waals surface area contributed by atoms with Crippen molar-refractivity contribution in [3.05, 3.63) is 106 Å². The molecule has 3 aromatic rings. The van der Waals surface area contributed by atoms with Gasteiger partial charge in [0, 0.05) is 35.3 Å². The van der Waals surface area contributed by atoms with Crippen LogP contribution in [0.15, 0.2) is 78.9 Å². The van der Waals surface area contributed by atoms with Gasteiger partial charge in [-0.1, -0.05) is 91.1 Å². The smallest absolute Gasteiger partial charge is 0.243 e. The fourth-order valence-corrected chi connectivity index (χ4v) is 5.02. The van der Waals surface area contributed by atoms with Crippen LogP contribution in [-0.4, -0.2) is 35.1 Å². The summed E-state index contributed by atoms with van der Waals surface area (Å²) in [6.45, 7) is 2.98. The van der Waals surface area contributed by atoms with Gasteiger partial charge < -0.3 is 10.2 Å². The van der Waals surface area contributed by atoms with Crippen molar-refractivity contribution in [1.29, 1.82) is 0 Å². The van der Waals surface area contributed by atoms with Crippen LogP contribution in [0.3, 0.4) is 0 Å². The molecule has 1 N–H and O–H groups in total. The molecule has 0 saturated heterocycles. The van der Waals surface area contributed by atoms with Crippen molar-refractivity contribution in [1.82, 2.24) is 10.2 Å². The fourth-order valence-electron chi connectivity index (χ4n) is 3.81. The molecule has 1 atom stereocenters. The highest BCUT2D eigenvalue weighted by atomic mass is 35.5. The quantitative estimate of drug-likeness (QED) is 0.242. The third kappa shape index (κ3) is 9.20. The Morgan fingerprint density at radius 3 is 2.31 bits per heavy atom. The van der Waals surface area contributed by atoms with E-state index in [1.807, 2.05) is 72.8 Å². The van der Waals surface area contributed by atoms with Gasteiger partial charge in [0.25, 0.3) is 0 Å². The Morgan fingerprint density at radius 2 is 1.61 bits per heavy atom. The minimum absolute atomic E-state index is 0.0829. The molecule has 0 heterocycles. The molecule has 0 aromatic heterocycles. The molecule has 190 valence electrons. The Bertz CT molecular complexity index is 1110. The van der Waals surface area contributed by atoms with Gasteiger partial charge in [-0.15, -0.1) is 11.8 Å². The number of hydrogen-bond donors (Lipinski definition) is 1. The van der Waals surface area contributed by atoms with Crippen molar-refractivity contribution in [3.8, 4) is 0 Å². The summed E-state index contributed by atoms with van der Waals surface area (Å²) in [5.74, 6) is 0.724. The van der Waals surface area contributed by atoms with Gasteiger partial charge in [0.15, 0.2) is 0 Å². The van der Waals surface area contributed by atoms with E-state index in [4.69, 9.17) is 23.2 Å². The number of rotatable bonds is 13. The average molecular weight is 544 g/mol. The maximum absolute atomic E-state index is 13.6. The summed E-state index contributed by atoms with van der Waals surface area (Å²) < 4.78 is 0. The number of thioether (sulfide) groups is 1. The summed E-state index contributed by atoms with van der Waals surface area (Å²) in [5, 5.41) is 4.33. The molecule has 0 fully saturated rings. The van der Waals surface area contributed by atoms with Gasteiger partial charge in [-0.25, -0.2) is 0 Å². The Hall–Kier alpha value is -2.47. The third-order valence-corrected chi connectivity index (χ3v) is 7.23. The number of nitrogens with one attached hydrogen (secondary N) is 1. The number of unbranched alkanes of at least 4 members (excludes halogenated alkanes) is 1. The van der Waals surface area contributed by atoms with E-state index < -0.39 is 6.04 Å². The largest absolute Gasteiger partial charge is 0.354 e. The first kappa shape index (κ1) is 28.1. The monoisotopic (exact) mass is 542 g/mol. The van der Waals surface area contributed by atoms with Gasteiger partial charge in [-0.05, 0) is 47.4 Å². The second kappa shape index (κ2) is 14.9. The number of benzene rings is 3. The molecule has 0 unspecified atom stereocenters. The Morgan fingerprint density at radius 1 is 0.889 bits per heavy atom. The molecule has 0 spiro atoms. The van der Waals surface area contributed by atoms with E-state index in [-0.39, 0.29) is 17.6 Å². The van der Waals surface area contributed by atoms with Crippen molar-refractivity contribution < 1.29 is 9.59 Å². The van der Waals surface area contributed by atoms with Crippen molar-refractivity contribution in [2.75, 3.05) is 12.3 Å². The van der Waals surface area contributed by atoms with Gasteiger partial charge in [0.2, 0.25) is 11.8 Å². The van der Waals surface area contributed by atoms with Crippen LogP contribution in [0.25, 0.3) is 0 Å². The number of amides is 2. The highest BCUT2D eigenvalue weighted by Gasteiger charge is 2.30. The number of halogens is 2. The number of nitrogens with zero attached hydrogens (tertiary/aromatic N) is 1. The van der Waals surface area contributed by atoms with E-state index >= 15 is 0 Å². The molecule has 4 nitrogen and oxygen atoms in total. The van der Waals surface area contributed by atoms with E-state index in [0.717, 1.165) is 29.5 Å². The van der Waals surface area contributed by atoms with Crippen LogP contribution in [0.1, 0.15) is 36.5 Å². The standard InChI is InChI=1S/C29H32Cl2N2O2S/c1-2-3-16-32-29(35)27(18-22-8-5-4-6-9-22)33(19-24-10-7-11-26(31)17-24)28(34)21-36-20-23-12-14-25(30)15-13-23/h4-15,17,27H,2-3,16,18-21H2,1H3,(H,32,35)/t27-/m0/s1. The van der Waals surface area contributed by atoms with Crippen LogP contribution in [0.5, 0.6) is 0 Å². The van der Waals surface area contributed by atoms with Gasteiger partial charge in [0.1, 0.15) is 6.04 Å². The van der Waals surface area contributed by atoms with Gasteiger partial charge >= 0.3 is 0 Å². The zero-order chi connectivity index (χ0) is 25.8. The molecular formula is C29H32Cl2N2O2S. The molecule has 36 heavy (non-hydrogen) atoms. The molecule has 0 aliphatic carbocycles. The predicted molar refractivity (Wildman–Crippen MR) is 151 cm³/mol. The molecule has 3 aromatic carbocycles. The minimum atomic E-state index is -0.633. The van der Waals surface area contributed by atoms with E-state index in [1.165, 1.54) is 11.8 Å². The first-order valence-corrected chi connectivity index (χ1v) is 14.0. The van der Waals surface area contributed by atoms with E-state index in [1.54, 1.807) is 11.0 Å². The van der Waals surface area contributed by atoms with Crippen molar-refractivity contribution >= 4 is 46.8 Å². The summed E-state index contributed by atoms with van der Waals surface area (Å²) in [6.07, 6.45) is 2.31. The maximum Gasteiger partial charge on any atom is 0.243 e. The summed E-state index contributed by atoms with van der Waals surface area (Å²) in [4.78, 5) is 28.7. The van der Waals surface area contributed by atoms with E-state index in [9.17, 15) is 9.59 Å². The molecule has 0 aliphatic heterocycles. The Labute approximate surface area is 228 Å². The topological polar surface area (TPSA) is 49.4 Å². The summed E-state index contributed by atoms with van der Waals surface area (Å²) in [7, 11) is 0. The molecular weight excluding hydrogens is 511 g/mol. The summed E-state index contributed by atoms with van der Waals surface area (Å²) >= 11 is 13.7. The lowest BCUT2D eigenvalue weighted by atomic mass is 10.0. The van der Waals surface area contributed by atoms with Crippen LogP contribution >= 0.6 is 35.0 Å². The SMILES string of the molecule is CCCCNC(=O)[C@H](Cc1ccccc1)N(Cc1cccc(Cl)c1)C(=O)CSCc1ccc(Cl)cc1. The highest BCUT2D eigenvalue weighted by Crippen LogP contribution is 2.20. The molecule has 0 aliphatic rings. The van der Waals surface area contributed by atoms with Crippen molar-refractivity contribution in [2.45, 2.75) is 44.5 Å². The third-order valence-electron chi connectivity index (χ3n) is 5.75. The van der Waals surface area contributed by atoms with Crippen LogP contribution in [0.4, 0.5) is 0 Å². The zero-order valence-electron chi connectivity index (χ0n) is 20.5. The predicted octanol–water partition coefficient (Wildman–Crippen LogP) is 6.78. The first-order chi connectivity index (χ1) is 17.5. The van der Waals surface area contributed by atoms with E-state index in [2.05, 4.69) is 12.2 Å². The van der Waals surface area contributed by atoms with Gasteiger partial charge in [-0.2, -0.15) is 0 Å². The zero-order valence-corrected chi connectivity index (χ0v) is 22.8. The second-order valence-corrected chi connectivity index (χ2v) is 10.5. The number of carbonyl (C=O) groups is 2. The lowest BCUT2D eigenvalue weighted by Crippen LogP contribution is -2.51. The first-order valence-electron chi connectivity index (χ1n) is 12.1. The Kier molecular flexibility index (Phi) is 11.7. The highest BCUT2D eigenvalue weighted by molar-refractivity contribution is 7.99. The average Bonchev–Trinajstić information content (AvgIpc) is 2.88. The fraction of sp³-hybridized carbons (Fsp3) is 0.310. The van der Waals surface area contributed by atoms with Crippen LogP contribution in [-0.2, 0) is 28.3 Å². The van der Waals surface area contributed by atoms with Gasteiger partial charge in [0.05, 0.1) is 5.75 Å². The summed E-state index contributed by atoms with van der Waals surface area (Å²) in [5.41, 5.74) is 2.99. The molecule has 0 saturated carbocycles. The second-order valence-electron chi connectivity index (χ2n) is 8.62. The molecule has 2 amide bonds. The molecule has 7 heteroatoms. The van der Waals surface area contributed by atoms with Gasteiger partial charge in [-0.3, -0.25) is 9.59 Å². The number of hydrogen-bond acceptors (Lipinski definition) is 3. The van der Waals surface area contributed by atoms with Crippen LogP contribution < -0.4 is 5.32 Å². The lowest BCUT2D eigenvalue weighted by Gasteiger charge is -2.31. The van der Waals surface area contributed by atoms with Crippen LogP contribution in [0.2, 0.25) is 10.0 Å². The molecule has 0 bridgehead atoms. The van der Waals surface area contributed by atoms with Crippen molar-refractivity contribution in [3.63, 3.8) is 0 Å². The van der Waals surface area contributed by atoms with Crippen molar-refractivity contribution in [2.24, 2.45) is 0 Å². The maximum atomic E-state index is 13.6. The minimum Gasteiger partial charge on any atom is -0.354 e. The Balaban J connectivity index is 1.82. The molecule has 0 radical (unpaired) electrons. The van der Waals surface area contributed by atoms with E-state index in [0.29, 0.717) is 35.3 Å².